The first kappa shape index (κ1) is 13.5. The molecule has 1 rings (SSSR count). The fraction of sp³-hybridized carbons (Fsp3) is 0.923. The van der Waals surface area contributed by atoms with Gasteiger partial charge in [-0.2, -0.15) is 0 Å². The van der Waals surface area contributed by atoms with Crippen molar-refractivity contribution in [3.8, 4) is 0 Å². The molecule has 0 spiro atoms. The van der Waals surface area contributed by atoms with Gasteiger partial charge in [-0.3, -0.25) is 0 Å². The van der Waals surface area contributed by atoms with E-state index in [-0.39, 0.29) is 11.6 Å². The first-order chi connectivity index (χ1) is 7.48. The van der Waals surface area contributed by atoms with E-state index in [1.165, 1.54) is 7.11 Å². The fourth-order valence-corrected chi connectivity index (χ4v) is 2.78. The molecule has 94 valence electrons. The largest absolute Gasteiger partial charge is 0.467 e. The predicted molar refractivity (Wildman–Crippen MR) is 63.2 cm³/mol. The lowest BCUT2D eigenvalue weighted by Gasteiger charge is -2.18. The van der Waals surface area contributed by atoms with E-state index in [0.29, 0.717) is 5.92 Å². The van der Waals surface area contributed by atoms with Crippen LogP contribution < -0.4 is 0 Å². The summed E-state index contributed by atoms with van der Waals surface area (Å²) in [4.78, 5) is 11.9. The lowest BCUT2D eigenvalue weighted by atomic mass is 9.81. The van der Waals surface area contributed by atoms with Crippen LogP contribution in [0, 0.1) is 5.92 Å². The monoisotopic (exact) mass is 228 g/mol. The van der Waals surface area contributed by atoms with Crippen LogP contribution >= 0.6 is 0 Å². The molecule has 0 aliphatic carbocycles. The Morgan fingerprint density at radius 2 is 2.00 bits per heavy atom. The zero-order chi connectivity index (χ0) is 12.4. The van der Waals surface area contributed by atoms with Gasteiger partial charge >= 0.3 is 5.97 Å². The van der Waals surface area contributed by atoms with Gasteiger partial charge in [0.1, 0.15) is 5.60 Å². The van der Waals surface area contributed by atoms with Crippen LogP contribution in [0.1, 0.15) is 53.4 Å². The van der Waals surface area contributed by atoms with Crippen molar-refractivity contribution in [1.82, 2.24) is 0 Å². The van der Waals surface area contributed by atoms with Crippen molar-refractivity contribution >= 4 is 5.97 Å². The third-order valence-electron chi connectivity index (χ3n) is 3.50. The maximum atomic E-state index is 11.9. The Kier molecular flexibility index (Phi) is 4.00. The Labute approximate surface area is 98.5 Å². The topological polar surface area (TPSA) is 38.8 Å². The van der Waals surface area contributed by atoms with Gasteiger partial charge in [-0.25, -0.2) is 4.79 Å². The Bertz CT molecular complexity index is 262. The van der Waals surface area contributed by atoms with E-state index in [4.69, 9.17) is 9.47 Å². The van der Waals surface area contributed by atoms with E-state index in [0.717, 1.165) is 25.7 Å². The highest BCUT2D eigenvalue weighted by Gasteiger charge is 2.73. The van der Waals surface area contributed by atoms with E-state index in [1.54, 1.807) is 0 Å². The van der Waals surface area contributed by atoms with Crippen LogP contribution in [0.2, 0.25) is 0 Å². The number of epoxide rings is 1. The van der Waals surface area contributed by atoms with Gasteiger partial charge in [0.2, 0.25) is 0 Å². The summed E-state index contributed by atoms with van der Waals surface area (Å²) >= 11 is 0. The standard InChI is InChI=1S/C13H24O3/c1-6-8-12(7-2)13(16-12,9-10(3)4)11(14)15-5/h10H,6-9H2,1-5H3. The van der Waals surface area contributed by atoms with Crippen LogP contribution in [-0.4, -0.2) is 24.3 Å². The highest BCUT2D eigenvalue weighted by atomic mass is 16.7. The number of methoxy groups -OCH3 is 1. The molecular formula is C13H24O3. The molecule has 0 amide bonds. The molecule has 0 aromatic heterocycles. The molecule has 0 bridgehead atoms. The number of carbonyl (C=O) groups excluding carboxylic acids is 1. The van der Waals surface area contributed by atoms with Crippen molar-refractivity contribution in [2.45, 2.75) is 64.6 Å². The number of ether oxygens (including phenoxy) is 2. The summed E-state index contributed by atoms with van der Waals surface area (Å²) in [6.45, 7) is 8.43. The predicted octanol–water partition coefficient (Wildman–Crippen LogP) is 2.92. The molecule has 0 radical (unpaired) electrons. The molecule has 1 aliphatic heterocycles. The molecular weight excluding hydrogens is 204 g/mol. The Hall–Kier alpha value is -0.570. The van der Waals surface area contributed by atoms with Crippen LogP contribution in [0.4, 0.5) is 0 Å². The van der Waals surface area contributed by atoms with Gasteiger partial charge < -0.3 is 9.47 Å². The molecule has 0 saturated carbocycles. The van der Waals surface area contributed by atoms with Gasteiger partial charge in [0.15, 0.2) is 5.60 Å². The Morgan fingerprint density at radius 1 is 1.38 bits per heavy atom. The number of hydrogen-bond acceptors (Lipinski definition) is 3. The smallest absolute Gasteiger partial charge is 0.341 e. The van der Waals surface area contributed by atoms with Gasteiger partial charge in [0.25, 0.3) is 0 Å². The molecule has 0 aromatic carbocycles. The van der Waals surface area contributed by atoms with E-state index >= 15 is 0 Å². The zero-order valence-electron chi connectivity index (χ0n) is 11.1. The molecule has 3 heteroatoms. The van der Waals surface area contributed by atoms with Crippen molar-refractivity contribution in [2.75, 3.05) is 7.11 Å². The van der Waals surface area contributed by atoms with Gasteiger partial charge in [-0.1, -0.05) is 34.1 Å². The number of carbonyl (C=O) groups is 1. The average Bonchev–Trinajstić information content (AvgIpc) is 2.86. The maximum absolute atomic E-state index is 11.9. The fourth-order valence-electron chi connectivity index (χ4n) is 2.78. The van der Waals surface area contributed by atoms with Crippen molar-refractivity contribution in [2.24, 2.45) is 5.92 Å². The van der Waals surface area contributed by atoms with Crippen LogP contribution in [0.15, 0.2) is 0 Å². The molecule has 2 atom stereocenters. The third-order valence-corrected chi connectivity index (χ3v) is 3.50. The second kappa shape index (κ2) is 4.74. The minimum absolute atomic E-state index is 0.198. The van der Waals surface area contributed by atoms with Crippen LogP contribution in [0.25, 0.3) is 0 Å². The van der Waals surface area contributed by atoms with E-state index < -0.39 is 5.60 Å². The summed E-state index contributed by atoms with van der Waals surface area (Å²) in [5, 5.41) is 0. The summed E-state index contributed by atoms with van der Waals surface area (Å²) in [5.41, 5.74) is -0.931. The number of esters is 1. The quantitative estimate of drug-likeness (QED) is 0.518. The Morgan fingerprint density at radius 3 is 2.38 bits per heavy atom. The average molecular weight is 228 g/mol. The van der Waals surface area contributed by atoms with Crippen LogP contribution in [-0.2, 0) is 14.3 Å². The normalized spacial score (nSPS) is 32.9. The summed E-state index contributed by atoms with van der Waals surface area (Å²) < 4.78 is 10.8. The minimum Gasteiger partial charge on any atom is -0.467 e. The molecule has 1 aliphatic rings. The molecule has 3 nitrogen and oxygen atoms in total. The zero-order valence-corrected chi connectivity index (χ0v) is 11.1. The van der Waals surface area contributed by atoms with Crippen molar-refractivity contribution < 1.29 is 14.3 Å². The molecule has 1 fully saturated rings. The lowest BCUT2D eigenvalue weighted by Crippen LogP contribution is -2.36. The number of rotatable bonds is 6. The molecule has 2 unspecified atom stereocenters. The van der Waals surface area contributed by atoms with Crippen LogP contribution in [0.5, 0.6) is 0 Å². The molecule has 1 heterocycles. The molecule has 0 aromatic rings. The van der Waals surface area contributed by atoms with Crippen molar-refractivity contribution in [3.63, 3.8) is 0 Å². The van der Waals surface area contributed by atoms with Gasteiger partial charge in [-0.15, -0.1) is 0 Å². The summed E-state index contributed by atoms with van der Waals surface area (Å²) in [6.07, 6.45) is 3.60. The molecule has 1 saturated heterocycles. The number of hydrogen-bond donors (Lipinski definition) is 0. The van der Waals surface area contributed by atoms with Gasteiger partial charge in [0, 0.05) is 0 Å². The van der Waals surface area contributed by atoms with Gasteiger partial charge in [0.05, 0.1) is 7.11 Å². The second-order valence-corrected chi connectivity index (χ2v) is 5.12. The van der Waals surface area contributed by atoms with E-state index in [1.807, 2.05) is 0 Å². The van der Waals surface area contributed by atoms with Gasteiger partial charge in [-0.05, 0) is 25.2 Å². The van der Waals surface area contributed by atoms with Crippen LogP contribution in [0.3, 0.4) is 0 Å². The second-order valence-electron chi connectivity index (χ2n) is 5.12. The highest BCUT2D eigenvalue weighted by molar-refractivity contribution is 5.84. The minimum atomic E-state index is -0.666. The van der Waals surface area contributed by atoms with Crippen molar-refractivity contribution in [3.05, 3.63) is 0 Å². The summed E-state index contributed by atoms with van der Waals surface area (Å²) in [7, 11) is 1.44. The van der Waals surface area contributed by atoms with E-state index in [9.17, 15) is 4.79 Å². The summed E-state index contributed by atoms with van der Waals surface area (Å²) in [5.74, 6) is 0.237. The van der Waals surface area contributed by atoms with E-state index in [2.05, 4.69) is 27.7 Å². The first-order valence-corrected chi connectivity index (χ1v) is 6.26. The molecule has 16 heavy (non-hydrogen) atoms. The first-order valence-electron chi connectivity index (χ1n) is 6.26. The lowest BCUT2D eigenvalue weighted by molar-refractivity contribution is -0.147. The maximum Gasteiger partial charge on any atom is 0.341 e. The summed E-state index contributed by atoms with van der Waals surface area (Å²) in [6, 6.07) is 0. The molecule has 0 N–H and O–H groups in total. The SMILES string of the molecule is CCCC1(CC)OC1(CC(C)C)C(=O)OC. The highest BCUT2D eigenvalue weighted by Crippen LogP contribution is 2.57. The Balaban J connectivity index is 2.88. The third kappa shape index (κ3) is 1.97. The van der Waals surface area contributed by atoms with Crippen molar-refractivity contribution in [1.29, 1.82) is 0 Å².